The molecule has 0 atom stereocenters. The van der Waals surface area contributed by atoms with Gasteiger partial charge in [0.25, 0.3) is 0 Å². The zero-order valence-corrected chi connectivity index (χ0v) is 13.4. The van der Waals surface area contributed by atoms with E-state index in [-0.39, 0.29) is 0 Å². The molecule has 0 fully saturated rings. The van der Waals surface area contributed by atoms with Crippen molar-refractivity contribution in [1.82, 2.24) is 0 Å². The van der Waals surface area contributed by atoms with Crippen molar-refractivity contribution in [1.29, 1.82) is 0 Å². The van der Waals surface area contributed by atoms with Crippen molar-refractivity contribution in [2.75, 3.05) is 0 Å². The standard InChI is InChI=1S/C21H20O2/c1-21(2,23-22)18-13-14-19(16-9-5-3-6-10-16)20(15-18)17-11-7-4-8-12-17/h3-15,22H,1-2H3. The van der Waals surface area contributed by atoms with Crippen molar-refractivity contribution in [3.05, 3.63) is 84.4 Å². The largest absolute Gasteiger partial charge is 0.251 e. The topological polar surface area (TPSA) is 29.5 Å². The Balaban J connectivity index is 2.21. The van der Waals surface area contributed by atoms with Gasteiger partial charge in [-0.2, -0.15) is 0 Å². The monoisotopic (exact) mass is 304 g/mol. The summed E-state index contributed by atoms with van der Waals surface area (Å²) in [5.74, 6) is 0. The minimum atomic E-state index is -0.751. The molecule has 3 rings (SSSR count). The van der Waals surface area contributed by atoms with E-state index in [1.54, 1.807) is 0 Å². The summed E-state index contributed by atoms with van der Waals surface area (Å²) in [6.07, 6.45) is 0. The van der Waals surface area contributed by atoms with Gasteiger partial charge in [0.1, 0.15) is 5.60 Å². The fraction of sp³-hybridized carbons (Fsp3) is 0.143. The molecule has 0 aliphatic rings. The summed E-state index contributed by atoms with van der Waals surface area (Å²) < 4.78 is 0. The fourth-order valence-corrected chi connectivity index (χ4v) is 2.70. The molecular weight excluding hydrogens is 284 g/mol. The normalized spacial score (nSPS) is 11.4. The van der Waals surface area contributed by atoms with E-state index in [2.05, 4.69) is 41.3 Å². The number of hydrogen-bond acceptors (Lipinski definition) is 2. The SMILES string of the molecule is CC(C)(OO)c1ccc(-c2ccccc2)c(-c2ccccc2)c1. The second-order valence-electron chi connectivity index (χ2n) is 6.09. The summed E-state index contributed by atoms with van der Waals surface area (Å²) in [7, 11) is 0. The van der Waals surface area contributed by atoms with Crippen LogP contribution in [-0.4, -0.2) is 5.26 Å². The van der Waals surface area contributed by atoms with Gasteiger partial charge in [0.05, 0.1) is 0 Å². The van der Waals surface area contributed by atoms with E-state index in [0.717, 1.165) is 22.3 Å². The Hall–Kier alpha value is -2.42. The third-order valence-electron chi connectivity index (χ3n) is 4.11. The Labute approximate surface area is 136 Å². The van der Waals surface area contributed by atoms with Crippen LogP contribution in [0.25, 0.3) is 22.3 Å². The van der Waals surface area contributed by atoms with Crippen LogP contribution in [0.15, 0.2) is 78.9 Å². The second-order valence-corrected chi connectivity index (χ2v) is 6.09. The molecule has 116 valence electrons. The van der Waals surface area contributed by atoms with Gasteiger partial charge in [-0.1, -0.05) is 72.8 Å². The lowest BCUT2D eigenvalue weighted by molar-refractivity contribution is -0.318. The molecule has 0 heterocycles. The predicted molar refractivity (Wildman–Crippen MR) is 94.1 cm³/mol. The maximum absolute atomic E-state index is 9.20. The number of hydrogen-bond donors (Lipinski definition) is 1. The van der Waals surface area contributed by atoms with E-state index in [0.29, 0.717) is 0 Å². The van der Waals surface area contributed by atoms with Crippen molar-refractivity contribution in [3.8, 4) is 22.3 Å². The second kappa shape index (κ2) is 6.37. The molecule has 2 nitrogen and oxygen atoms in total. The molecule has 23 heavy (non-hydrogen) atoms. The summed E-state index contributed by atoms with van der Waals surface area (Å²) in [5, 5.41) is 9.20. The summed E-state index contributed by atoms with van der Waals surface area (Å²) >= 11 is 0. The molecule has 0 aromatic heterocycles. The molecule has 3 aromatic rings. The van der Waals surface area contributed by atoms with E-state index < -0.39 is 5.60 Å². The Kier molecular flexibility index (Phi) is 4.28. The van der Waals surface area contributed by atoms with E-state index in [9.17, 15) is 5.26 Å². The molecule has 0 saturated heterocycles. The van der Waals surface area contributed by atoms with Crippen LogP contribution in [0, 0.1) is 0 Å². The van der Waals surface area contributed by atoms with Crippen molar-refractivity contribution >= 4 is 0 Å². The zero-order valence-electron chi connectivity index (χ0n) is 13.4. The Morgan fingerprint density at radius 3 is 1.74 bits per heavy atom. The first-order chi connectivity index (χ1) is 11.1. The minimum absolute atomic E-state index is 0.751. The van der Waals surface area contributed by atoms with Crippen LogP contribution in [0.1, 0.15) is 19.4 Å². The van der Waals surface area contributed by atoms with Crippen LogP contribution in [0.3, 0.4) is 0 Å². The van der Waals surface area contributed by atoms with Crippen LogP contribution in [0.5, 0.6) is 0 Å². The number of benzene rings is 3. The van der Waals surface area contributed by atoms with Gasteiger partial charge in [-0.25, -0.2) is 4.89 Å². The van der Waals surface area contributed by atoms with Gasteiger partial charge in [-0.3, -0.25) is 5.26 Å². The van der Waals surface area contributed by atoms with Gasteiger partial charge in [-0.05, 0) is 47.7 Å². The first-order valence-electron chi connectivity index (χ1n) is 7.70. The highest BCUT2D eigenvalue weighted by Gasteiger charge is 2.23. The van der Waals surface area contributed by atoms with Crippen LogP contribution >= 0.6 is 0 Å². The van der Waals surface area contributed by atoms with E-state index in [4.69, 9.17) is 0 Å². The number of rotatable bonds is 4. The van der Waals surface area contributed by atoms with Gasteiger partial charge >= 0.3 is 0 Å². The Morgan fingerprint density at radius 1 is 0.696 bits per heavy atom. The molecule has 0 bridgehead atoms. The molecule has 0 aliphatic heterocycles. The highest BCUT2D eigenvalue weighted by Crippen LogP contribution is 2.36. The smallest absolute Gasteiger partial charge is 0.123 e. The molecule has 3 aromatic carbocycles. The molecule has 0 spiro atoms. The molecule has 0 aliphatic carbocycles. The van der Waals surface area contributed by atoms with Crippen molar-refractivity contribution in [2.24, 2.45) is 0 Å². The van der Waals surface area contributed by atoms with E-state index in [1.807, 2.05) is 56.3 Å². The van der Waals surface area contributed by atoms with Crippen molar-refractivity contribution in [2.45, 2.75) is 19.4 Å². The highest BCUT2D eigenvalue weighted by atomic mass is 17.1. The maximum atomic E-state index is 9.20. The van der Waals surface area contributed by atoms with Gasteiger partial charge < -0.3 is 0 Å². The maximum Gasteiger partial charge on any atom is 0.123 e. The van der Waals surface area contributed by atoms with Gasteiger partial charge in [0.15, 0.2) is 0 Å². The zero-order chi connectivity index (χ0) is 16.3. The van der Waals surface area contributed by atoms with Crippen LogP contribution < -0.4 is 0 Å². The summed E-state index contributed by atoms with van der Waals surface area (Å²) in [6.45, 7) is 3.69. The predicted octanol–water partition coefficient (Wildman–Crippen LogP) is 5.75. The average molecular weight is 304 g/mol. The lowest BCUT2D eigenvalue weighted by Crippen LogP contribution is -2.19. The Morgan fingerprint density at radius 2 is 1.22 bits per heavy atom. The lowest BCUT2D eigenvalue weighted by atomic mass is 9.88. The molecule has 0 radical (unpaired) electrons. The fourth-order valence-electron chi connectivity index (χ4n) is 2.70. The molecule has 1 N–H and O–H groups in total. The highest BCUT2D eigenvalue weighted by molar-refractivity contribution is 5.84. The van der Waals surface area contributed by atoms with Crippen LogP contribution in [0.4, 0.5) is 0 Å². The molecule has 0 amide bonds. The molecule has 2 heteroatoms. The molecular formula is C21H20O2. The minimum Gasteiger partial charge on any atom is -0.251 e. The van der Waals surface area contributed by atoms with Gasteiger partial charge in [0, 0.05) is 0 Å². The third kappa shape index (κ3) is 3.19. The first-order valence-corrected chi connectivity index (χ1v) is 7.70. The molecule has 0 unspecified atom stereocenters. The summed E-state index contributed by atoms with van der Waals surface area (Å²) in [6, 6.07) is 26.8. The van der Waals surface area contributed by atoms with Gasteiger partial charge in [-0.15, -0.1) is 0 Å². The Bertz CT molecular complexity index is 777. The quantitative estimate of drug-likeness (QED) is 0.491. The van der Waals surface area contributed by atoms with E-state index in [1.165, 1.54) is 5.56 Å². The van der Waals surface area contributed by atoms with E-state index >= 15 is 0 Å². The molecule has 0 saturated carbocycles. The summed E-state index contributed by atoms with van der Waals surface area (Å²) in [5.41, 5.74) is 4.77. The van der Waals surface area contributed by atoms with Crippen molar-refractivity contribution < 1.29 is 10.1 Å². The van der Waals surface area contributed by atoms with Crippen LogP contribution in [-0.2, 0) is 10.5 Å². The van der Waals surface area contributed by atoms with Gasteiger partial charge in [0.2, 0.25) is 0 Å². The lowest BCUT2D eigenvalue weighted by Gasteiger charge is -2.23. The average Bonchev–Trinajstić information content (AvgIpc) is 2.62. The van der Waals surface area contributed by atoms with Crippen molar-refractivity contribution in [3.63, 3.8) is 0 Å². The third-order valence-corrected chi connectivity index (χ3v) is 4.11. The first kappa shape index (κ1) is 15.5. The summed E-state index contributed by atoms with van der Waals surface area (Å²) in [4.78, 5) is 4.66. The van der Waals surface area contributed by atoms with Crippen LogP contribution in [0.2, 0.25) is 0 Å².